The number of imidazole rings is 3. The Morgan fingerprint density at radius 3 is 1.73 bits per heavy atom. The second-order valence-electron chi connectivity index (χ2n) is 24.3. The van der Waals surface area contributed by atoms with Gasteiger partial charge in [0, 0.05) is 138 Å². The Hall–Kier alpha value is -5.13. The van der Waals surface area contributed by atoms with E-state index in [2.05, 4.69) is 15.2 Å². The molecule has 5 fully saturated rings. The van der Waals surface area contributed by atoms with Gasteiger partial charge in [0.15, 0.2) is 37.6 Å². The van der Waals surface area contributed by atoms with E-state index in [9.17, 15) is 44.7 Å². The maximum atomic E-state index is 14.8. The summed E-state index contributed by atoms with van der Waals surface area (Å²) in [4.78, 5) is 32.8. The Balaban J connectivity index is 0.000000124. The molecule has 1 saturated heterocycles. The number of rotatable bonds is 13. The number of aromatic amines is 1. The van der Waals surface area contributed by atoms with Gasteiger partial charge in [0.2, 0.25) is 11.8 Å². The monoisotopic (exact) mass is 1260 g/mol. The van der Waals surface area contributed by atoms with E-state index in [1.165, 1.54) is 37.1 Å². The first-order valence-corrected chi connectivity index (χ1v) is 30.8. The third kappa shape index (κ3) is 10.0. The highest BCUT2D eigenvalue weighted by Gasteiger charge is 2.66. The number of likely N-dealkylation sites (tertiary alicyclic amines) is 1. The molecule has 4 saturated carbocycles. The van der Waals surface area contributed by atoms with Gasteiger partial charge in [-0.3, -0.25) is 9.59 Å². The molecule has 0 bridgehead atoms. The zero-order valence-corrected chi connectivity index (χ0v) is 50.5. The van der Waals surface area contributed by atoms with Crippen LogP contribution in [0.5, 0.6) is 0 Å². The smallest absolute Gasteiger partial charge is 0.228 e. The van der Waals surface area contributed by atoms with Gasteiger partial charge >= 0.3 is 0 Å². The van der Waals surface area contributed by atoms with Crippen LogP contribution >= 0.6 is 59.9 Å². The predicted octanol–water partition coefficient (Wildman–Crippen LogP) is 13.1. The molecule has 4 aliphatic carbocycles. The third-order valence-electron chi connectivity index (χ3n) is 19.6. The van der Waals surface area contributed by atoms with E-state index in [0.717, 1.165) is 105 Å². The number of aromatic nitrogens is 6. The van der Waals surface area contributed by atoms with Crippen molar-refractivity contribution in [1.82, 2.24) is 42.9 Å². The van der Waals surface area contributed by atoms with Gasteiger partial charge in [-0.15, -0.1) is 0 Å². The maximum absolute atomic E-state index is 14.8. The second-order valence-corrected chi connectivity index (χ2v) is 26.3. The van der Waals surface area contributed by atoms with Crippen LogP contribution in [0.1, 0.15) is 139 Å². The van der Waals surface area contributed by atoms with Crippen LogP contribution in [-0.2, 0) is 79.8 Å². The molecular formula is C60H63Cl2F8N9O2S3. The Morgan fingerprint density at radius 2 is 1.23 bits per heavy atom. The van der Waals surface area contributed by atoms with Crippen molar-refractivity contribution >= 4 is 71.7 Å². The zero-order valence-electron chi connectivity index (χ0n) is 46.6. The molecule has 4 aliphatic heterocycles. The number of carbonyl (C=O) groups is 2. The first-order valence-electron chi connectivity index (χ1n) is 28.8. The van der Waals surface area contributed by atoms with Crippen molar-refractivity contribution in [3.8, 4) is 0 Å². The molecule has 6 aromatic rings. The van der Waals surface area contributed by atoms with E-state index in [4.69, 9.17) is 59.9 Å². The van der Waals surface area contributed by atoms with Crippen LogP contribution in [0.2, 0.25) is 10.0 Å². The molecule has 84 heavy (non-hydrogen) atoms. The van der Waals surface area contributed by atoms with Gasteiger partial charge in [-0.2, -0.15) is 0 Å². The fourth-order valence-electron chi connectivity index (χ4n) is 14.4. The molecule has 8 aliphatic rings. The number of amides is 2. The Kier molecular flexibility index (Phi) is 15.9. The third-order valence-corrected chi connectivity index (χ3v) is 21.5. The van der Waals surface area contributed by atoms with Gasteiger partial charge in [0.1, 0.15) is 23.3 Å². The number of carbonyl (C=O) groups excluding carboxylic acids is 2. The number of fused-ring (bicyclic) bond motifs is 7. The van der Waals surface area contributed by atoms with Crippen LogP contribution in [-0.4, -0.2) is 88.2 Å². The van der Waals surface area contributed by atoms with Crippen LogP contribution in [0, 0.1) is 60.9 Å². The zero-order chi connectivity index (χ0) is 59.6. The van der Waals surface area contributed by atoms with E-state index in [-0.39, 0.29) is 76.3 Å². The Labute approximate surface area is 505 Å². The lowest BCUT2D eigenvalue weighted by molar-refractivity contribution is -0.132. The van der Waals surface area contributed by atoms with Gasteiger partial charge in [-0.05, 0) is 164 Å². The average Bonchev–Trinajstić information content (AvgIpc) is 2.51. The van der Waals surface area contributed by atoms with Crippen LogP contribution < -0.4 is 5.32 Å². The number of nitrogens with one attached hydrogen (secondary N) is 2. The van der Waals surface area contributed by atoms with Crippen molar-refractivity contribution in [3.05, 3.63) is 152 Å². The summed E-state index contributed by atoms with van der Waals surface area (Å²) in [5.74, 6) is -8.60. The van der Waals surface area contributed by atoms with E-state index in [0.29, 0.717) is 52.7 Å². The van der Waals surface area contributed by atoms with E-state index < -0.39 is 68.8 Å². The summed E-state index contributed by atoms with van der Waals surface area (Å²) >= 11 is 28.4. The van der Waals surface area contributed by atoms with Crippen molar-refractivity contribution in [3.63, 3.8) is 0 Å². The summed E-state index contributed by atoms with van der Waals surface area (Å²) in [5.41, 5.74) is 3.70. The van der Waals surface area contributed by atoms with Gasteiger partial charge in [0.25, 0.3) is 0 Å². The van der Waals surface area contributed by atoms with Gasteiger partial charge < -0.3 is 42.9 Å². The lowest BCUT2D eigenvalue weighted by Gasteiger charge is -2.34. The molecule has 448 valence electrons. The topological polar surface area (TPSA) is 93.1 Å². The lowest BCUT2D eigenvalue weighted by Crippen LogP contribution is -2.42. The normalized spacial score (nSPS) is 23.3. The number of likely N-dealkylation sites (N-methyl/N-ethyl adjacent to an activating group) is 1. The van der Waals surface area contributed by atoms with Crippen LogP contribution in [0.3, 0.4) is 0 Å². The first kappa shape index (κ1) is 59.2. The van der Waals surface area contributed by atoms with E-state index in [1.807, 2.05) is 44.3 Å². The van der Waals surface area contributed by atoms with Crippen molar-refractivity contribution in [2.45, 2.75) is 157 Å². The van der Waals surface area contributed by atoms with Gasteiger partial charge in [-0.25, -0.2) is 35.1 Å². The molecule has 0 spiro atoms. The minimum Gasteiger partial charge on any atom is -0.353 e. The van der Waals surface area contributed by atoms with Crippen LogP contribution in [0.25, 0.3) is 0 Å². The number of benzene rings is 3. The molecule has 7 heterocycles. The molecule has 0 unspecified atom stereocenters. The minimum absolute atomic E-state index is 0.0260. The number of halogens is 10. The molecule has 5 atom stereocenters. The molecule has 14 rings (SSSR count). The number of aryl methyl sites for hydroxylation is 1. The van der Waals surface area contributed by atoms with Crippen molar-refractivity contribution in [2.75, 3.05) is 26.7 Å². The van der Waals surface area contributed by atoms with Crippen molar-refractivity contribution in [2.24, 2.45) is 14.1 Å². The second kappa shape index (κ2) is 22.5. The summed E-state index contributed by atoms with van der Waals surface area (Å²) < 4.78 is 125. The Bertz CT molecular complexity index is 3850. The molecule has 24 heteroatoms. The van der Waals surface area contributed by atoms with E-state index >= 15 is 0 Å². The summed E-state index contributed by atoms with van der Waals surface area (Å²) in [7, 11) is 5.57. The fourth-order valence-corrected chi connectivity index (χ4v) is 15.6. The van der Waals surface area contributed by atoms with Crippen LogP contribution in [0.15, 0.2) is 30.3 Å². The minimum atomic E-state index is -1.36. The maximum Gasteiger partial charge on any atom is 0.228 e. The molecule has 11 nitrogen and oxygen atoms in total. The Morgan fingerprint density at radius 1 is 0.702 bits per heavy atom. The number of hydrogen-bond donors (Lipinski definition) is 2. The highest BCUT2D eigenvalue weighted by molar-refractivity contribution is 7.71. The number of H-pyrrole nitrogens is 1. The van der Waals surface area contributed by atoms with Crippen molar-refractivity contribution in [1.29, 1.82) is 0 Å². The highest BCUT2D eigenvalue weighted by atomic mass is 35.5. The quantitative estimate of drug-likeness (QED) is 0.0680. The lowest BCUT2D eigenvalue weighted by atomic mass is 9.91. The largest absolute Gasteiger partial charge is 0.353 e. The molecular weight excluding hydrogens is 1200 g/mol. The number of hydrogen-bond acceptors (Lipinski definition) is 6. The number of nitrogens with zero attached hydrogens (tertiary/aromatic N) is 7. The molecule has 2 amide bonds. The highest BCUT2D eigenvalue weighted by Crippen LogP contribution is 2.68. The summed E-state index contributed by atoms with van der Waals surface area (Å²) in [6.45, 7) is 4.32. The summed E-state index contributed by atoms with van der Waals surface area (Å²) in [6, 6.07) is 5.78. The van der Waals surface area contributed by atoms with Gasteiger partial charge in [0.05, 0.1) is 22.9 Å². The standard InChI is InChI=1S/C21H22ClF2N3OS.C20H20ClF2N3OS.C19H21F4N3S/c1-25(11-4-3-5-11)16(28)8-15-19-12-9-21(12,10-27(19)20(29)26(15)2)17-14(23)7-6-13(22)18(17)24;1-25-14(7-15(27)24-10-3-2-4-10)18-11-8-20(11,9-26(18)19(25)28)16-13(22)6-5-12(21)17(16)23;20-12-9-13(21)18(23)16(17(12)22)11-8-15-14(24-19(27)26(15)10-11)4-3-7-25-5-1-2-6-25/h6-7,11-12H,3-5,8-10H2,1-2H3;5-6,10-11H,2-4,7-9H2,1H3,(H,24,27);9,11H,1-8,10H2,(H,24,27)/t12-,21-;11-,20-;11-/m000/s1. The van der Waals surface area contributed by atoms with Crippen molar-refractivity contribution < 1.29 is 44.7 Å². The summed E-state index contributed by atoms with van der Waals surface area (Å²) in [5, 5.41) is 2.91. The first-order chi connectivity index (χ1) is 40.0. The van der Waals surface area contributed by atoms with Crippen LogP contribution in [0.4, 0.5) is 35.1 Å². The van der Waals surface area contributed by atoms with E-state index in [1.54, 1.807) is 4.57 Å². The average molecular weight is 1260 g/mol. The molecule has 2 N–H and O–H groups in total. The SMILES string of the molecule is CN(C(=O)Cc1c2n(c(=S)n1C)C[C@@]1(c3c(F)ccc(Cl)c3F)C[C@@H]21)C1CCC1.Cn1c(CC(=O)NC2CCC2)c2n(c1=S)C[C@@]1(c3c(F)ccc(Cl)c3F)C[C@@H]21.Fc1cc(F)c(F)c([C@H]2Cc3c(CCCN4CCCC4)[nH]c(=S)n3C2)c1F. The molecule has 0 radical (unpaired) electrons. The predicted molar refractivity (Wildman–Crippen MR) is 309 cm³/mol. The summed E-state index contributed by atoms with van der Waals surface area (Å²) in [6.07, 6.45) is 12.8. The van der Waals surface area contributed by atoms with Gasteiger partial charge in [-0.1, -0.05) is 23.2 Å². The fraction of sp³-hybridized carbons (Fsp3) is 0.517. The molecule has 3 aromatic carbocycles. The molecule has 3 aromatic heterocycles.